The van der Waals surface area contributed by atoms with Gasteiger partial charge in [0.05, 0.1) is 6.10 Å². The summed E-state index contributed by atoms with van der Waals surface area (Å²) in [5.74, 6) is 1.73. The lowest BCUT2D eigenvalue weighted by atomic mass is 10.2. The largest absolute Gasteiger partial charge is 0.484 e. The smallest absolute Gasteiger partial charge is 0.317 e. The molecule has 0 radical (unpaired) electrons. The number of likely N-dealkylation sites (N-methyl/N-ethyl adjacent to an activating group) is 1. The standard InChI is InChI=1S/C20H28N4O4/c1-3-15-6-8-16(9-7-15)27-14-19-22-18(23-28-19)10-11-24(2)20(25)21-13-17-5-4-12-26-17/h6-9,17H,3-5,10-14H2,1-2H3,(H,21,25). The minimum atomic E-state index is -0.127. The number of nitrogens with zero attached hydrogens (tertiary/aromatic N) is 3. The number of carbonyl (C=O) groups excluding carboxylic acids is 1. The van der Waals surface area contributed by atoms with Crippen LogP contribution in [0.2, 0.25) is 0 Å². The first-order valence-electron chi connectivity index (χ1n) is 9.78. The van der Waals surface area contributed by atoms with Crippen LogP contribution in [0.25, 0.3) is 0 Å². The molecule has 1 unspecified atom stereocenters. The number of hydrogen-bond donors (Lipinski definition) is 1. The second-order valence-corrected chi connectivity index (χ2v) is 6.88. The first-order chi connectivity index (χ1) is 13.6. The molecule has 1 aromatic heterocycles. The van der Waals surface area contributed by atoms with Crippen LogP contribution in [0.5, 0.6) is 5.75 Å². The lowest BCUT2D eigenvalue weighted by Crippen LogP contribution is -2.41. The zero-order valence-electron chi connectivity index (χ0n) is 16.5. The van der Waals surface area contributed by atoms with Crippen molar-refractivity contribution in [3.05, 3.63) is 41.5 Å². The third-order valence-corrected chi connectivity index (χ3v) is 4.73. The number of amides is 2. The molecule has 1 saturated heterocycles. The summed E-state index contributed by atoms with van der Waals surface area (Å²) in [7, 11) is 1.74. The van der Waals surface area contributed by atoms with Gasteiger partial charge in [-0.1, -0.05) is 24.2 Å². The van der Waals surface area contributed by atoms with E-state index in [2.05, 4.69) is 22.4 Å². The van der Waals surface area contributed by atoms with Crippen LogP contribution in [0.15, 0.2) is 28.8 Å². The zero-order chi connectivity index (χ0) is 19.8. The molecule has 8 heteroatoms. The number of carbonyl (C=O) groups is 1. The highest BCUT2D eigenvalue weighted by Crippen LogP contribution is 2.14. The van der Waals surface area contributed by atoms with E-state index in [1.807, 2.05) is 24.3 Å². The van der Waals surface area contributed by atoms with Gasteiger partial charge in [0.2, 0.25) is 0 Å². The minimum absolute atomic E-state index is 0.127. The van der Waals surface area contributed by atoms with E-state index in [4.69, 9.17) is 14.0 Å². The van der Waals surface area contributed by atoms with Crippen LogP contribution in [-0.4, -0.2) is 53.9 Å². The molecule has 3 rings (SSSR count). The van der Waals surface area contributed by atoms with Crippen LogP contribution >= 0.6 is 0 Å². The second-order valence-electron chi connectivity index (χ2n) is 6.88. The zero-order valence-corrected chi connectivity index (χ0v) is 16.5. The maximum Gasteiger partial charge on any atom is 0.317 e. The molecule has 1 N–H and O–H groups in total. The number of benzene rings is 1. The Labute approximate surface area is 165 Å². The minimum Gasteiger partial charge on any atom is -0.484 e. The Balaban J connectivity index is 1.37. The fourth-order valence-electron chi connectivity index (χ4n) is 2.93. The summed E-state index contributed by atoms with van der Waals surface area (Å²) in [5.41, 5.74) is 1.26. The summed E-state index contributed by atoms with van der Waals surface area (Å²) in [5, 5.41) is 6.84. The average Bonchev–Trinajstić information content (AvgIpc) is 3.41. The van der Waals surface area contributed by atoms with Crippen molar-refractivity contribution in [1.82, 2.24) is 20.4 Å². The molecule has 1 aromatic carbocycles. The van der Waals surface area contributed by atoms with Gasteiger partial charge in [-0.15, -0.1) is 0 Å². The third-order valence-electron chi connectivity index (χ3n) is 4.73. The molecule has 1 aliphatic heterocycles. The Morgan fingerprint density at radius 3 is 2.89 bits per heavy atom. The lowest BCUT2D eigenvalue weighted by molar-refractivity contribution is 0.109. The van der Waals surface area contributed by atoms with Crippen molar-refractivity contribution in [2.75, 3.05) is 26.7 Å². The van der Waals surface area contributed by atoms with E-state index in [1.165, 1.54) is 5.56 Å². The van der Waals surface area contributed by atoms with Gasteiger partial charge in [-0.2, -0.15) is 4.98 Å². The maximum atomic E-state index is 12.1. The predicted octanol–water partition coefficient (Wildman–Crippen LogP) is 2.57. The Morgan fingerprint density at radius 2 is 2.18 bits per heavy atom. The highest BCUT2D eigenvalue weighted by Gasteiger charge is 2.17. The normalized spacial score (nSPS) is 16.1. The molecule has 0 saturated carbocycles. The first-order valence-corrected chi connectivity index (χ1v) is 9.78. The van der Waals surface area contributed by atoms with Gasteiger partial charge in [0, 0.05) is 33.2 Å². The van der Waals surface area contributed by atoms with E-state index < -0.39 is 0 Å². The SMILES string of the molecule is CCc1ccc(OCc2nc(CCN(C)C(=O)NCC3CCCO3)no2)cc1. The number of urea groups is 1. The van der Waals surface area contributed by atoms with Crippen molar-refractivity contribution in [1.29, 1.82) is 0 Å². The molecule has 1 fully saturated rings. The van der Waals surface area contributed by atoms with Crippen LogP contribution in [-0.2, 0) is 24.2 Å². The number of nitrogens with one attached hydrogen (secondary N) is 1. The summed E-state index contributed by atoms with van der Waals surface area (Å²) in [6.07, 6.45) is 3.70. The van der Waals surface area contributed by atoms with Gasteiger partial charge in [-0.25, -0.2) is 4.79 Å². The molecule has 2 amide bonds. The molecule has 1 atom stereocenters. The van der Waals surface area contributed by atoms with Crippen LogP contribution < -0.4 is 10.1 Å². The van der Waals surface area contributed by atoms with Crippen LogP contribution in [0.1, 0.15) is 37.0 Å². The molecule has 28 heavy (non-hydrogen) atoms. The molecule has 0 spiro atoms. The van der Waals surface area contributed by atoms with Crippen molar-refractivity contribution in [3.63, 3.8) is 0 Å². The fourth-order valence-corrected chi connectivity index (χ4v) is 2.93. The topological polar surface area (TPSA) is 89.7 Å². The van der Waals surface area contributed by atoms with E-state index in [9.17, 15) is 4.79 Å². The molecule has 152 valence electrons. The van der Waals surface area contributed by atoms with Gasteiger partial charge in [0.1, 0.15) is 5.75 Å². The molecule has 0 aliphatic carbocycles. The summed E-state index contributed by atoms with van der Waals surface area (Å²) >= 11 is 0. The number of ether oxygens (including phenoxy) is 2. The van der Waals surface area contributed by atoms with Crippen molar-refractivity contribution in [2.24, 2.45) is 0 Å². The van der Waals surface area contributed by atoms with Gasteiger partial charge in [-0.05, 0) is 37.0 Å². The number of aromatic nitrogens is 2. The van der Waals surface area contributed by atoms with Crippen molar-refractivity contribution in [3.8, 4) is 5.75 Å². The van der Waals surface area contributed by atoms with Crippen molar-refractivity contribution in [2.45, 2.75) is 45.3 Å². The highest BCUT2D eigenvalue weighted by atomic mass is 16.5. The Hall–Kier alpha value is -2.61. The molecule has 2 heterocycles. The third kappa shape index (κ3) is 5.95. The Kier molecular flexibility index (Phi) is 7.25. The van der Waals surface area contributed by atoms with Gasteiger partial charge in [-0.3, -0.25) is 0 Å². The van der Waals surface area contributed by atoms with Crippen molar-refractivity contribution < 1.29 is 18.8 Å². The van der Waals surface area contributed by atoms with Gasteiger partial charge < -0.3 is 24.2 Å². The quantitative estimate of drug-likeness (QED) is 0.710. The van der Waals surface area contributed by atoms with Gasteiger partial charge in [0.25, 0.3) is 5.89 Å². The van der Waals surface area contributed by atoms with Gasteiger partial charge >= 0.3 is 6.03 Å². The highest BCUT2D eigenvalue weighted by molar-refractivity contribution is 5.73. The van der Waals surface area contributed by atoms with Crippen molar-refractivity contribution >= 4 is 6.03 Å². The molecule has 8 nitrogen and oxygen atoms in total. The van der Waals surface area contributed by atoms with E-state index in [0.29, 0.717) is 31.2 Å². The van der Waals surface area contributed by atoms with E-state index in [-0.39, 0.29) is 18.7 Å². The Bertz CT molecular complexity index is 741. The van der Waals surface area contributed by atoms with Gasteiger partial charge in [0.15, 0.2) is 12.4 Å². The summed E-state index contributed by atoms with van der Waals surface area (Å²) < 4.78 is 16.4. The summed E-state index contributed by atoms with van der Waals surface area (Å²) in [4.78, 5) is 18.0. The average molecular weight is 388 g/mol. The predicted molar refractivity (Wildman–Crippen MR) is 103 cm³/mol. The monoisotopic (exact) mass is 388 g/mol. The summed E-state index contributed by atoms with van der Waals surface area (Å²) in [6.45, 7) is 4.16. The van der Waals surface area contributed by atoms with E-state index in [0.717, 1.165) is 31.6 Å². The maximum absolute atomic E-state index is 12.1. The summed E-state index contributed by atoms with van der Waals surface area (Å²) in [6, 6.07) is 7.81. The molecular formula is C20H28N4O4. The van der Waals surface area contributed by atoms with E-state index in [1.54, 1.807) is 11.9 Å². The van der Waals surface area contributed by atoms with Crippen LogP contribution in [0, 0.1) is 0 Å². The number of aryl methyl sites for hydroxylation is 1. The van der Waals surface area contributed by atoms with Crippen LogP contribution in [0.3, 0.4) is 0 Å². The first kappa shape index (κ1) is 20.1. The molecule has 0 bridgehead atoms. The fraction of sp³-hybridized carbons (Fsp3) is 0.550. The number of rotatable bonds is 9. The Morgan fingerprint density at radius 1 is 1.36 bits per heavy atom. The lowest BCUT2D eigenvalue weighted by Gasteiger charge is -2.18. The van der Waals surface area contributed by atoms with E-state index >= 15 is 0 Å². The molecular weight excluding hydrogens is 360 g/mol. The van der Waals surface area contributed by atoms with Crippen LogP contribution in [0.4, 0.5) is 4.79 Å². The second kappa shape index (κ2) is 10.1. The number of hydrogen-bond acceptors (Lipinski definition) is 6. The molecule has 2 aromatic rings. The molecule has 1 aliphatic rings.